The quantitative estimate of drug-likeness (QED) is 0.439. The summed E-state index contributed by atoms with van der Waals surface area (Å²) in [5, 5.41) is 10.2. The highest BCUT2D eigenvalue weighted by Gasteiger charge is 2.13. The molecule has 8 heteroatoms. The van der Waals surface area contributed by atoms with Gasteiger partial charge in [-0.3, -0.25) is 4.79 Å². The van der Waals surface area contributed by atoms with E-state index in [-0.39, 0.29) is 12.3 Å². The summed E-state index contributed by atoms with van der Waals surface area (Å²) in [6, 6.07) is 9.76. The van der Waals surface area contributed by atoms with E-state index in [2.05, 4.69) is 20.6 Å². The third-order valence-electron chi connectivity index (χ3n) is 3.00. The lowest BCUT2D eigenvalue weighted by atomic mass is 10.2. The zero-order valence-corrected chi connectivity index (χ0v) is 13.6. The first-order valence-electron chi connectivity index (χ1n) is 7.00. The summed E-state index contributed by atoms with van der Waals surface area (Å²) in [6.07, 6.45) is 1.73. The maximum Gasteiger partial charge on any atom is 0.246 e. The van der Waals surface area contributed by atoms with Crippen LogP contribution in [0.3, 0.4) is 0 Å². The Balaban J connectivity index is 1.77. The lowest BCUT2D eigenvalue weighted by Gasteiger charge is -2.02. The molecule has 0 aliphatic rings. The summed E-state index contributed by atoms with van der Waals surface area (Å²) < 4.78 is 1.71. The van der Waals surface area contributed by atoms with Crippen LogP contribution in [-0.2, 0) is 11.2 Å². The minimum atomic E-state index is -0.195. The smallest absolute Gasteiger partial charge is 0.246 e. The van der Waals surface area contributed by atoms with Crippen molar-refractivity contribution in [2.24, 2.45) is 5.10 Å². The first-order chi connectivity index (χ1) is 11.1. The molecule has 0 saturated heterocycles. The minimum absolute atomic E-state index is 0.195. The second-order valence-corrected chi connectivity index (χ2v) is 5.98. The Labute approximate surface area is 137 Å². The Morgan fingerprint density at radius 3 is 2.91 bits per heavy atom. The number of benzene rings is 1. The van der Waals surface area contributed by atoms with Gasteiger partial charge in [-0.15, -0.1) is 16.4 Å². The topological polar surface area (TPSA) is 74.9 Å². The van der Waals surface area contributed by atoms with Gasteiger partial charge in [-0.05, 0) is 0 Å². The predicted molar refractivity (Wildman–Crippen MR) is 90.3 cm³/mol. The first kappa shape index (κ1) is 15.2. The number of carbonyl (C=O) groups excluding carboxylic acids is 1. The van der Waals surface area contributed by atoms with E-state index in [1.165, 1.54) is 17.7 Å². The molecule has 1 N–H and O–H groups in total. The van der Waals surface area contributed by atoms with Gasteiger partial charge in [-0.25, -0.2) is 9.94 Å². The van der Waals surface area contributed by atoms with Crippen LogP contribution in [0.25, 0.3) is 16.3 Å². The molecule has 7 nitrogen and oxygen atoms in total. The molecule has 0 fully saturated rings. The van der Waals surface area contributed by atoms with Crippen LogP contribution in [0.15, 0.2) is 40.8 Å². The van der Waals surface area contributed by atoms with E-state index < -0.39 is 0 Å². The molecule has 0 aliphatic heterocycles. The molecule has 0 aliphatic carbocycles. The van der Waals surface area contributed by atoms with Crippen molar-refractivity contribution in [2.45, 2.75) is 6.42 Å². The highest BCUT2D eigenvalue weighted by Crippen LogP contribution is 2.20. The van der Waals surface area contributed by atoms with Crippen LogP contribution in [0.1, 0.15) is 5.69 Å². The Hall–Kier alpha value is -2.74. The standard InChI is InChI=1S/C15H16N6OS/c1-20(2)10-16-18-13(22)8-12-9-23-15-17-14(19-21(12)15)11-6-4-3-5-7-11/h3-7,9-10H,8H2,1-2H3,(H,18,22). The Bertz CT molecular complexity index is 836. The highest BCUT2D eigenvalue weighted by atomic mass is 32.1. The zero-order chi connectivity index (χ0) is 16.2. The number of carbonyl (C=O) groups is 1. The first-order valence-corrected chi connectivity index (χ1v) is 7.88. The van der Waals surface area contributed by atoms with Crippen LogP contribution in [0.4, 0.5) is 0 Å². The lowest BCUT2D eigenvalue weighted by molar-refractivity contribution is -0.120. The Morgan fingerprint density at radius 1 is 1.39 bits per heavy atom. The highest BCUT2D eigenvalue weighted by molar-refractivity contribution is 7.15. The third kappa shape index (κ3) is 3.54. The van der Waals surface area contributed by atoms with Crippen LogP contribution in [0.2, 0.25) is 0 Å². The van der Waals surface area contributed by atoms with Gasteiger partial charge in [-0.2, -0.15) is 10.1 Å². The van der Waals surface area contributed by atoms with Crippen LogP contribution in [0, 0.1) is 0 Å². The van der Waals surface area contributed by atoms with Gasteiger partial charge in [-0.1, -0.05) is 30.3 Å². The van der Waals surface area contributed by atoms with Crippen molar-refractivity contribution < 1.29 is 4.79 Å². The van der Waals surface area contributed by atoms with Crippen molar-refractivity contribution in [1.82, 2.24) is 24.9 Å². The van der Waals surface area contributed by atoms with Crippen LogP contribution in [-0.4, -0.2) is 45.8 Å². The number of hydrogen-bond donors (Lipinski definition) is 1. The van der Waals surface area contributed by atoms with Gasteiger partial charge in [0.1, 0.15) is 6.34 Å². The molecule has 0 unspecified atom stereocenters. The second kappa shape index (κ2) is 6.57. The molecule has 1 amide bonds. The summed E-state index contributed by atoms with van der Waals surface area (Å²) in [4.78, 5) is 18.9. The minimum Gasteiger partial charge on any atom is -0.367 e. The lowest BCUT2D eigenvalue weighted by Crippen LogP contribution is -2.22. The van der Waals surface area contributed by atoms with Crippen molar-refractivity contribution >= 4 is 28.5 Å². The number of thiazole rings is 1. The molecule has 2 heterocycles. The summed E-state index contributed by atoms with van der Waals surface area (Å²) in [5.74, 6) is 0.462. The number of rotatable bonds is 5. The van der Waals surface area contributed by atoms with Gasteiger partial charge in [0.15, 0.2) is 5.82 Å². The van der Waals surface area contributed by atoms with Crippen LogP contribution < -0.4 is 5.43 Å². The second-order valence-electron chi connectivity index (χ2n) is 5.14. The van der Waals surface area contributed by atoms with Gasteiger partial charge in [0.2, 0.25) is 10.9 Å². The van der Waals surface area contributed by atoms with Gasteiger partial charge in [0.05, 0.1) is 12.1 Å². The van der Waals surface area contributed by atoms with Crippen molar-refractivity contribution in [3.05, 3.63) is 41.4 Å². The molecular weight excluding hydrogens is 312 g/mol. The predicted octanol–water partition coefficient (Wildman–Crippen LogP) is 1.62. The van der Waals surface area contributed by atoms with Crippen molar-refractivity contribution in [1.29, 1.82) is 0 Å². The normalized spacial score (nSPS) is 11.2. The molecule has 3 aromatic rings. The number of amides is 1. The molecule has 23 heavy (non-hydrogen) atoms. The molecule has 0 saturated carbocycles. The molecule has 1 aromatic carbocycles. The van der Waals surface area contributed by atoms with E-state index in [4.69, 9.17) is 0 Å². The van der Waals surface area contributed by atoms with Crippen molar-refractivity contribution in [3.8, 4) is 11.4 Å². The van der Waals surface area contributed by atoms with E-state index in [9.17, 15) is 4.79 Å². The molecule has 0 radical (unpaired) electrons. The molecule has 0 bridgehead atoms. The van der Waals surface area contributed by atoms with Crippen molar-refractivity contribution in [2.75, 3.05) is 14.1 Å². The average molecular weight is 328 g/mol. The number of hydrogen-bond acceptors (Lipinski definition) is 5. The fourth-order valence-electron chi connectivity index (χ4n) is 1.98. The molecular formula is C15H16N6OS. The van der Waals surface area contributed by atoms with E-state index in [1.807, 2.05) is 49.8 Å². The maximum absolute atomic E-state index is 11.9. The fourth-order valence-corrected chi connectivity index (χ4v) is 2.80. The van der Waals surface area contributed by atoms with E-state index >= 15 is 0 Å². The van der Waals surface area contributed by atoms with Crippen LogP contribution in [0.5, 0.6) is 0 Å². The summed E-state index contributed by atoms with van der Waals surface area (Å²) in [6.45, 7) is 0. The third-order valence-corrected chi connectivity index (χ3v) is 3.87. The SMILES string of the molecule is CN(C)C=NNC(=O)Cc1csc2nc(-c3ccccc3)nn12. The van der Waals surface area contributed by atoms with Gasteiger partial charge < -0.3 is 4.90 Å². The number of fused-ring (bicyclic) bond motifs is 1. The maximum atomic E-state index is 11.9. The summed E-state index contributed by atoms with van der Waals surface area (Å²) in [5.41, 5.74) is 4.23. The average Bonchev–Trinajstić information content (AvgIpc) is 3.10. The van der Waals surface area contributed by atoms with Crippen LogP contribution >= 0.6 is 11.3 Å². The molecule has 3 rings (SSSR count). The number of aromatic nitrogens is 3. The van der Waals surface area contributed by atoms with Gasteiger partial charge >= 0.3 is 0 Å². The molecule has 0 spiro atoms. The van der Waals surface area contributed by atoms with Crippen molar-refractivity contribution in [3.63, 3.8) is 0 Å². The Kier molecular flexibility index (Phi) is 4.33. The summed E-state index contributed by atoms with van der Waals surface area (Å²) in [7, 11) is 3.66. The number of hydrazone groups is 1. The van der Waals surface area contributed by atoms with E-state index in [1.54, 1.807) is 9.42 Å². The number of nitrogens with zero attached hydrogens (tertiary/aromatic N) is 5. The summed E-state index contributed by atoms with van der Waals surface area (Å²) >= 11 is 1.46. The Morgan fingerprint density at radius 2 is 2.17 bits per heavy atom. The van der Waals surface area contributed by atoms with E-state index in [0.29, 0.717) is 5.82 Å². The largest absolute Gasteiger partial charge is 0.367 e. The monoisotopic (exact) mass is 328 g/mol. The molecule has 0 atom stereocenters. The molecule has 118 valence electrons. The van der Waals surface area contributed by atoms with Gasteiger partial charge in [0.25, 0.3) is 0 Å². The van der Waals surface area contributed by atoms with Gasteiger partial charge in [0, 0.05) is 25.0 Å². The number of nitrogens with one attached hydrogen (secondary N) is 1. The van der Waals surface area contributed by atoms with E-state index in [0.717, 1.165) is 16.2 Å². The zero-order valence-electron chi connectivity index (χ0n) is 12.8. The fraction of sp³-hybridized carbons (Fsp3) is 0.200. The molecule has 2 aromatic heterocycles.